The lowest BCUT2D eigenvalue weighted by Crippen LogP contribution is -2.24. The van der Waals surface area contributed by atoms with Crippen LogP contribution in [0.15, 0.2) is 47.5 Å². The minimum absolute atomic E-state index is 0.423. The molecule has 0 bridgehead atoms. The fourth-order valence-corrected chi connectivity index (χ4v) is 2.72. The summed E-state index contributed by atoms with van der Waals surface area (Å²) in [6.07, 6.45) is 1.90. The lowest BCUT2D eigenvalue weighted by Gasteiger charge is -2.15. The van der Waals surface area contributed by atoms with E-state index in [1.807, 2.05) is 24.3 Å². The maximum absolute atomic E-state index is 6.13. The summed E-state index contributed by atoms with van der Waals surface area (Å²) in [5.74, 6) is 1.23. The number of aliphatic imine (C=N–C) groups is 1. The Morgan fingerprint density at radius 2 is 1.73 bits per heavy atom. The molecule has 0 spiro atoms. The molecule has 0 saturated heterocycles. The molecule has 0 radical (unpaired) electrons. The van der Waals surface area contributed by atoms with Crippen LogP contribution < -0.4 is 15.8 Å². The molecule has 0 atom stereocenters. The SMILES string of the molecule is CCc1cccc(CC)c1NC(N)=NCc1cccc(OCCOC)c1. The Balaban J connectivity index is 2.04. The first-order chi connectivity index (χ1) is 12.7. The van der Waals surface area contributed by atoms with Crippen LogP contribution >= 0.6 is 0 Å². The maximum Gasteiger partial charge on any atom is 0.193 e. The first-order valence-corrected chi connectivity index (χ1v) is 9.06. The number of nitrogens with one attached hydrogen (secondary N) is 1. The largest absolute Gasteiger partial charge is 0.491 e. The molecule has 5 nitrogen and oxygen atoms in total. The summed E-state index contributed by atoms with van der Waals surface area (Å²) in [6, 6.07) is 14.2. The summed E-state index contributed by atoms with van der Waals surface area (Å²) in [5.41, 5.74) is 10.7. The molecule has 2 aromatic carbocycles. The molecule has 0 aromatic heterocycles. The van der Waals surface area contributed by atoms with Crippen molar-refractivity contribution in [2.24, 2.45) is 10.7 Å². The summed E-state index contributed by atoms with van der Waals surface area (Å²) < 4.78 is 10.6. The Kier molecular flexibility index (Phi) is 7.96. The molecule has 26 heavy (non-hydrogen) atoms. The molecule has 0 unspecified atom stereocenters. The van der Waals surface area contributed by atoms with Crippen LogP contribution in [-0.4, -0.2) is 26.3 Å². The fourth-order valence-electron chi connectivity index (χ4n) is 2.72. The Hall–Kier alpha value is -2.53. The van der Waals surface area contributed by atoms with Gasteiger partial charge in [-0.2, -0.15) is 0 Å². The van der Waals surface area contributed by atoms with E-state index < -0.39 is 0 Å². The zero-order valence-corrected chi connectivity index (χ0v) is 15.9. The summed E-state index contributed by atoms with van der Waals surface area (Å²) in [5, 5.41) is 3.29. The van der Waals surface area contributed by atoms with E-state index >= 15 is 0 Å². The molecular weight excluding hydrogens is 326 g/mol. The van der Waals surface area contributed by atoms with E-state index in [9.17, 15) is 0 Å². The molecule has 0 aliphatic heterocycles. The van der Waals surface area contributed by atoms with Gasteiger partial charge in [-0.25, -0.2) is 4.99 Å². The van der Waals surface area contributed by atoms with Crippen LogP contribution in [0.5, 0.6) is 5.75 Å². The van der Waals surface area contributed by atoms with E-state index in [4.69, 9.17) is 15.2 Å². The van der Waals surface area contributed by atoms with Crippen molar-refractivity contribution >= 4 is 11.6 Å². The molecule has 5 heteroatoms. The highest BCUT2D eigenvalue weighted by Crippen LogP contribution is 2.22. The predicted molar refractivity (Wildman–Crippen MR) is 108 cm³/mol. The van der Waals surface area contributed by atoms with E-state index in [0.29, 0.717) is 25.7 Å². The summed E-state index contributed by atoms with van der Waals surface area (Å²) in [7, 11) is 1.66. The second-order valence-electron chi connectivity index (χ2n) is 5.97. The number of rotatable bonds is 9. The van der Waals surface area contributed by atoms with Crippen LogP contribution in [0.3, 0.4) is 0 Å². The normalized spacial score (nSPS) is 11.4. The van der Waals surface area contributed by atoms with Gasteiger partial charge in [0.2, 0.25) is 0 Å². The van der Waals surface area contributed by atoms with Crippen LogP contribution in [0.25, 0.3) is 0 Å². The average molecular weight is 355 g/mol. The van der Waals surface area contributed by atoms with E-state index in [0.717, 1.165) is 29.8 Å². The number of nitrogens with two attached hydrogens (primary N) is 1. The third kappa shape index (κ3) is 5.77. The highest BCUT2D eigenvalue weighted by Gasteiger charge is 2.07. The Labute approximate surface area is 156 Å². The van der Waals surface area contributed by atoms with Crippen LogP contribution in [0, 0.1) is 0 Å². The van der Waals surface area contributed by atoms with Gasteiger partial charge in [-0.05, 0) is 41.7 Å². The van der Waals surface area contributed by atoms with Crippen molar-refractivity contribution in [2.45, 2.75) is 33.2 Å². The highest BCUT2D eigenvalue weighted by molar-refractivity contribution is 5.93. The van der Waals surface area contributed by atoms with Gasteiger partial charge in [0.1, 0.15) is 12.4 Å². The maximum atomic E-state index is 6.13. The minimum Gasteiger partial charge on any atom is -0.491 e. The molecule has 0 aliphatic carbocycles. The third-order valence-corrected chi connectivity index (χ3v) is 4.14. The zero-order valence-electron chi connectivity index (χ0n) is 15.9. The third-order valence-electron chi connectivity index (χ3n) is 4.14. The zero-order chi connectivity index (χ0) is 18.8. The number of methoxy groups -OCH3 is 1. The molecule has 0 aliphatic rings. The van der Waals surface area contributed by atoms with Crippen molar-refractivity contribution in [3.05, 3.63) is 59.2 Å². The lowest BCUT2D eigenvalue weighted by molar-refractivity contribution is 0.146. The van der Waals surface area contributed by atoms with Crippen molar-refractivity contribution in [1.29, 1.82) is 0 Å². The minimum atomic E-state index is 0.423. The van der Waals surface area contributed by atoms with Crippen molar-refractivity contribution in [3.8, 4) is 5.75 Å². The quantitative estimate of drug-likeness (QED) is 0.408. The van der Waals surface area contributed by atoms with Crippen LogP contribution in [0.1, 0.15) is 30.5 Å². The lowest BCUT2D eigenvalue weighted by atomic mass is 10.0. The monoisotopic (exact) mass is 355 g/mol. The van der Waals surface area contributed by atoms with Crippen LogP contribution in [0.4, 0.5) is 5.69 Å². The number of aryl methyl sites for hydroxylation is 2. The second kappa shape index (κ2) is 10.5. The van der Waals surface area contributed by atoms with Crippen molar-refractivity contribution < 1.29 is 9.47 Å². The van der Waals surface area contributed by atoms with Gasteiger partial charge in [0.05, 0.1) is 13.2 Å². The van der Waals surface area contributed by atoms with Crippen LogP contribution in [0.2, 0.25) is 0 Å². The van der Waals surface area contributed by atoms with E-state index in [1.165, 1.54) is 11.1 Å². The van der Waals surface area contributed by atoms with Crippen molar-refractivity contribution in [1.82, 2.24) is 0 Å². The second-order valence-corrected chi connectivity index (χ2v) is 5.97. The molecule has 2 aromatic rings. The van der Waals surface area contributed by atoms with Gasteiger partial charge in [-0.3, -0.25) is 0 Å². The molecule has 0 fully saturated rings. The topological polar surface area (TPSA) is 68.9 Å². The Morgan fingerprint density at radius 1 is 1.04 bits per heavy atom. The van der Waals surface area contributed by atoms with Crippen molar-refractivity contribution in [2.75, 3.05) is 25.6 Å². The molecule has 0 saturated carbocycles. The van der Waals surface area contributed by atoms with Gasteiger partial charge < -0.3 is 20.5 Å². The number of nitrogens with zero attached hydrogens (tertiary/aromatic N) is 1. The van der Waals surface area contributed by atoms with Crippen molar-refractivity contribution in [3.63, 3.8) is 0 Å². The van der Waals surface area contributed by atoms with Crippen LogP contribution in [-0.2, 0) is 24.1 Å². The average Bonchev–Trinajstić information content (AvgIpc) is 2.67. The number of para-hydroxylation sites is 1. The number of ether oxygens (including phenoxy) is 2. The summed E-state index contributed by atoms with van der Waals surface area (Å²) >= 11 is 0. The van der Waals surface area contributed by atoms with Gasteiger partial charge in [-0.1, -0.05) is 44.2 Å². The first-order valence-electron chi connectivity index (χ1n) is 9.06. The van der Waals surface area contributed by atoms with Gasteiger partial charge in [-0.15, -0.1) is 0 Å². The highest BCUT2D eigenvalue weighted by atomic mass is 16.5. The summed E-state index contributed by atoms with van der Waals surface area (Å²) in [6.45, 7) is 5.87. The molecule has 2 rings (SSSR count). The van der Waals surface area contributed by atoms with Gasteiger partial charge in [0.25, 0.3) is 0 Å². The Morgan fingerprint density at radius 3 is 2.38 bits per heavy atom. The van der Waals surface area contributed by atoms with Gasteiger partial charge in [0, 0.05) is 12.8 Å². The number of hydrogen-bond donors (Lipinski definition) is 2. The number of hydrogen-bond acceptors (Lipinski definition) is 3. The van der Waals surface area contributed by atoms with E-state index in [2.05, 4.69) is 42.4 Å². The van der Waals surface area contributed by atoms with E-state index in [-0.39, 0.29) is 0 Å². The molecule has 0 heterocycles. The Bertz CT molecular complexity index is 707. The standard InChI is InChI=1S/C21H29N3O2/c1-4-17-9-7-10-18(5-2)20(17)24-21(22)23-15-16-8-6-11-19(14-16)26-13-12-25-3/h6-11,14H,4-5,12-13,15H2,1-3H3,(H3,22,23,24). The first kappa shape index (κ1) is 19.8. The fraction of sp³-hybridized carbons (Fsp3) is 0.381. The molecular formula is C21H29N3O2. The number of benzene rings is 2. The predicted octanol–water partition coefficient (Wildman–Crippen LogP) is 3.76. The molecule has 0 amide bonds. The number of anilines is 1. The smallest absolute Gasteiger partial charge is 0.193 e. The van der Waals surface area contributed by atoms with Gasteiger partial charge in [0.15, 0.2) is 5.96 Å². The molecule has 3 N–H and O–H groups in total. The van der Waals surface area contributed by atoms with Gasteiger partial charge >= 0.3 is 0 Å². The molecule has 140 valence electrons. The number of guanidine groups is 1. The van der Waals surface area contributed by atoms with E-state index in [1.54, 1.807) is 7.11 Å². The summed E-state index contributed by atoms with van der Waals surface area (Å²) in [4.78, 5) is 4.48.